The van der Waals surface area contributed by atoms with E-state index in [1.165, 1.54) is 36.4 Å². The molecule has 0 aliphatic heterocycles. The molecule has 6 nitrogen and oxygen atoms in total. The van der Waals surface area contributed by atoms with Gasteiger partial charge in [-0.1, -0.05) is 23.2 Å². The fourth-order valence-electron chi connectivity index (χ4n) is 1.91. The van der Waals surface area contributed by atoms with Crippen LogP contribution in [0.5, 0.6) is 11.5 Å². The summed E-state index contributed by atoms with van der Waals surface area (Å²) >= 11 is 12.3. The third-order valence-corrected chi connectivity index (χ3v) is 3.66. The van der Waals surface area contributed by atoms with Gasteiger partial charge in [0.25, 0.3) is 5.69 Å². The second kappa shape index (κ2) is 7.99. The van der Waals surface area contributed by atoms with Gasteiger partial charge in [0, 0.05) is 23.2 Å². The second-order valence-electron chi connectivity index (χ2n) is 4.71. The normalized spacial score (nSPS) is 10.3. The number of rotatable bonds is 6. The van der Waals surface area contributed by atoms with E-state index in [0.29, 0.717) is 16.3 Å². The molecule has 0 aromatic heterocycles. The summed E-state index contributed by atoms with van der Waals surface area (Å²) in [7, 11) is 0. The number of non-ortho nitro benzene ring substituents is 1. The average Bonchev–Trinajstić information content (AvgIpc) is 2.53. The molecule has 0 bridgehead atoms. The fraction of sp³-hybridized carbons (Fsp3) is 0.188. The van der Waals surface area contributed by atoms with Gasteiger partial charge in [0.15, 0.2) is 0 Å². The molecule has 24 heavy (non-hydrogen) atoms. The maximum atomic E-state index is 11.5. The number of ether oxygens (including phenoxy) is 2. The zero-order chi connectivity index (χ0) is 17.7. The largest absolute Gasteiger partial charge is 0.466 e. The van der Waals surface area contributed by atoms with Crippen LogP contribution in [0.2, 0.25) is 10.0 Å². The zero-order valence-electron chi connectivity index (χ0n) is 12.6. The number of nitro groups is 1. The fourth-order valence-corrected chi connectivity index (χ4v) is 2.36. The lowest BCUT2D eigenvalue weighted by molar-refractivity contribution is -0.384. The first kappa shape index (κ1) is 18.0. The minimum absolute atomic E-state index is 0.00417. The minimum atomic E-state index is -0.502. The Morgan fingerprint density at radius 1 is 1.17 bits per heavy atom. The number of halogens is 2. The molecular weight excluding hydrogens is 357 g/mol. The second-order valence-corrected chi connectivity index (χ2v) is 5.52. The summed E-state index contributed by atoms with van der Waals surface area (Å²) in [5, 5.41) is 11.2. The molecule has 0 atom stereocenters. The Morgan fingerprint density at radius 2 is 1.83 bits per heavy atom. The van der Waals surface area contributed by atoms with Crippen LogP contribution in [0, 0.1) is 10.1 Å². The van der Waals surface area contributed by atoms with Crippen LogP contribution in [-0.4, -0.2) is 17.5 Å². The summed E-state index contributed by atoms with van der Waals surface area (Å²) in [6, 6.07) is 8.56. The topological polar surface area (TPSA) is 78.7 Å². The van der Waals surface area contributed by atoms with Gasteiger partial charge in [-0.3, -0.25) is 14.9 Å². The van der Waals surface area contributed by atoms with E-state index in [0.717, 1.165) is 0 Å². The van der Waals surface area contributed by atoms with Crippen LogP contribution < -0.4 is 4.74 Å². The molecular formula is C16H13Cl2NO5. The lowest BCUT2D eigenvalue weighted by atomic mass is 10.1. The van der Waals surface area contributed by atoms with Crippen molar-refractivity contribution in [2.24, 2.45) is 0 Å². The summed E-state index contributed by atoms with van der Waals surface area (Å²) in [4.78, 5) is 21.7. The number of benzene rings is 2. The molecule has 126 valence electrons. The minimum Gasteiger partial charge on any atom is -0.466 e. The third kappa shape index (κ3) is 4.59. The Bertz CT molecular complexity index is 762. The molecule has 0 radical (unpaired) electrons. The van der Waals surface area contributed by atoms with E-state index in [-0.39, 0.29) is 29.5 Å². The number of nitrogens with zero attached hydrogens (tertiary/aromatic N) is 1. The zero-order valence-corrected chi connectivity index (χ0v) is 14.1. The highest BCUT2D eigenvalue weighted by atomic mass is 35.5. The van der Waals surface area contributed by atoms with E-state index < -0.39 is 10.9 Å². The van der Waals surface area contributed by atoms with Crippen molar-refractivity contribution in [3.05, 3.63) is 62.1 Å². The van der Waals surface area contributed by atoms with Gasteiger partial charge < -0.3 is 9.47 Å². The number of carbonyl (C=O) groups excluding carboxylic acids is 1. The summed E-state index contributed by atoms with van der Waals surface area (Å²) < 4.78 is 10.4. The summed E-state index contributed by atoms with van der Waals surface area (Å²) in [5.74, 6) is 0.249. The van der Waals surface area contributed by atoms with Crippen molar-refractivity contribution in [3.8, 4) is 11.5 Å². The van der Waals surface area contributed by atoms with Gasteiger partial charge in [-0.15, -0.1) is 0 Å². The number of esters is 1. The lowest BCUT2D eigenvalue weighted by Gasteiger charge is -2.11. The smallest absolute Gasteiger partial charge is 0.310 e. The van der Waals surface area contributed by atoms with Gasteiger partial charge in [0.2, 0.25) is 0 Å². The van der Waals surface area contributed by atoms with Gasteiger partial charge in [-0.05, 0) is 30.7 Å². The highest BCUT2D eigenvalue weighted by Crippen LogP contribution is 2.35. The van der Waals surface area contributed by atoms with Crippen LogP contribution in [0.3, 0.4) is 0 Å². The first-order chi connectivity index (χ1) is 11.4. The predicted molar refractivity (Wildman–Crippen MR) is 90.0 cm³/mol. The molecule has 0 saturated carbocycles. The van der Waals surface area contributed by atoms with E-state index in [9.17, 15) is 14.9 Å². The van der Waals surface area contributed by atoms with E-state index in [1.54, 1.807) is 6.92 Å². The third-order valence-electron chi connectivity index (χ3n) is 3.02. The molecule has 0 aliphatic rings. The number of nitro benzene ring substituents is 1. The van der Waals surface area contributed by atoms with Crippen molar-refractivity contribution in [1.82, 2.24) is 0 Å². The maximum absolute atomic E-state index is 11.5. The van der Waals surface area contributed by atoms with Crippen molar-refractivity contribution in [1.29, 1.82) is 0 Å². The summed E-state index contributed by atoms with van der Waals surface area (Å²) in [6.07, 6.45) is 0.00417. The first-order valence-electron chi connectivity index (χ1n) is 6.96. The van der Waals surface area contributed by atoms with Crippen molar-refractivity contribution in [3.63, 3.8) is 0 Å². The van der Waals surface area contributed by atoms with Crippen molar-refractivity contribution >= 4 is 34.9 Å². The standard InChI is InChI=1S/C16H13Cl2NO5/c1-2-23-16(20)8-10-7-14(18)15(9-13(10)17)24-12-5-3-11(4-6-12)19(21)22/h3-7,9H,2,8H2,1H3. The van der Waals surface area contributed by atoms with Crippen LogP contribution >= 0.6 is 23.2 Å². The maximum Gasteiger partial charge on any atom is 0.310 e. The SMILES string of the molecule is CCOC(=O)Cc1cc(Cl)c(Oc2ccc([N+](=O)[O-])cc2)cc1Cl. The van der Waals surface area contributed by atoms with Crippen LogP contribution in [0.4, 0.5) is 5.69 Å². The van der Waals surface area contributed by atoms with Crippen molar-refractivity contribution < 1.29 is 19.2 Å². The van der Waals surface area contributed by atoms with E-state index >= 15 is 0 Å². The summed E-state index contributed by atoms with van der Waals surface area (Å²) in [6.45, 7) is 2.00. The highest BCUT2D eigenvalue weighted by Gasteiger charge is 2.13. The molecule has 0 heterocycles. The van der Waals surface area contributed by atoms with Crippen LogP contribution in [0.25, 0.3) is 0 Å². The van der Waals surface area contributed by atoms with E-state index in [4.69, 9.17) is 32.7 Å². The molecule has 0 fully saturated rings. The van der Waals surface area contributed by atoms with Gasteiger partial charge in [0.05, 0.1) is 23.0 Å². The van der Waals surface area contributed by atoms with Gasteiger partial charge in [0.1, 0.15) is 11.5 Å². The Hall–Kier alpha value is -2.31. The molecule has 2 aromatic carbocycles. The monoisotopic (exact) mass is 369 g/mol. The Kier molecular flexibility index (Phi) is 6.00. The Morgan fingerprint density at radius 3 is 2.42 bits per heavy atom. The first-order valence-corrected chi connectivity index (χ1v) is 7.72. The molecule has 0 unspecified atom stereocenters. The van der Waals surface area contributed by atoms with E-state index in [2.05, 4.69) is 0 Å². The Balaban J connectivity index is 2.18. The molecule has 0 spiro atoms. The molecule has 0 saturated heterocycles. The van der Waals surface area contributed by atoms with E-state index in [1.807, 2.05) is 0 Å². The van der Waals surface area contributed by atoms with Gasteiger partial charge >= 0.3 is 5.97 Å². The van der Waals surface area contributed by atoms with Gasteiger partial charge in [-0.2, -0.15) is 0 Å². The van der Waals surface area contributed by atoms with Crippen LogP contribution in [0.15, 0.2) is 36.4 Å². The number of hydrogen-bond donors (Lipinski definition) is 0. The molecule has 0 N–H and O–H groups in total. The van der Waals surface area contributed by atoms with Crippen LogP contribution in [-0.2, 0) is 16.0 Å². The average molecular weight is 370 g/mol. The van der Waals surface area contributed by atoms with Crippen LogP contribution in [0.1, 0.15) is 12.5 Å². The molecule has 0 aliphatic carbocycles. The molecule has 2 aromatic rings. The van der Waals surface area contributed by atoms with Crippen molar-refractivity contribution in [2.75, 3.05) is 6.61 Å². The molecule has 2 rings (SSSR count). The lowest BCUT2D eigenvalue weighted by Crippen LogP contribution is -2.08. The van der Waals surface area contributed by atoms with Gasteiger partial charge in [-0.25, -0.2) is 0 Å². The summed E-state index contributed by atoms with van der Waals surface area (Å²) in [5.41, 5.74) is 0.479. The predicted octanol–water partition coefficient (Wildman–Crippen LogP) is 4.80. The number of hydrogen-bond acceptors (Lipinski definition) is 5. The Labute approximate surface area is 148 Å². The molecule has 8 heteroatoms. The highest BCUT2D eigenvalue weighted by molar-refractivity contribution is 6.34. The van der Waals surface area contributed by atoms with Crippen molar-refractivity contribution in [2.45, 2.75) is 13.3 Å². The quantitative estimate of drug-likeness (QED) is 0.415. The molecule has 0 amide bonds. The number of carbonyl (C=O) groups is 1.